The molecule has 0 spiro atoms. The minimum atomic E-state index is -0.348. The lowest BCUT2D eigenvalue weighted by Gasteiger charge is -2.03. The van der Waals surface area contributed by atoms with Crippen LogP contribution < -0.4 is 0 Å². The van der Waals surface area contributed by atoms with Gasteiger partial charge in [-0.15, -0.1) is 0 Å². The highest BCUT2D eigenvalue weighted by Gasteiger charge is 2.20. The molecule has 2 aromatic rings. The third-order valence-corrected chi connectivity index (χ3v) is 3.16. The Hall–Kier alpha value is -1.88. The normalized spacial score (nSPS) is 19.3. The van der Waals surface area contributed by atoms with Gasteiger partial charge in [0.25, 0.3) is 0 Å². The van der Waals surface area contributed by atoms with Gasteiger partial charge in [-0.05, 0) is 25.0 Å². The van der Waals surface area contributed by atoms with E-state index < -0.39 is 0 Å². The molecule has 3 heterocycles. The third kappa shape index (κ3) is 1.86. The smallest absolute Gasteiger partial charge is 0.338 e. The Kier molecular flexibility index (Phi) is 2.76. The van der Waals surface area contributed by atoms with Gasteiger partial charge in [0.15, 0.2) is 0 Å². The fourth-order valence-corrected chi connectivity index (χ4v) is 2.21. The van der Waals surface area contributed by atoms with Gasteiger partial charge in [-0.25, -0.2) is 9.78 Å². The van der Waals surface area contributed by atoms with Gasteiger partial charge in [-0.2, -0.15) is 0 Å². The first-order chi connectivity index (χ1) is 8.78. The molecule has 1 atom stereocenters. The summed E-state index contributed by atoms with van der Waals surface area (Å²) in [5, 5.41) is 0. The molecular formula is C13H14N2O3. The van der Waals surface area contributed by atoms with Crippen LogP contribution in [0.2, 0.25) is 0 Å². The van der Waals surface area contributed by atoms with Crippen molar-refractivity contribution in [2.45, 2.75) is 18.9 Å². The van der Waals surface area contributed by atoms with Crippen molar-refractivity contribution in [1.29, 1.82) is 0 Å². The molecule has 1 aliphatic rings. The number of hydrogen-bond acceptors (Lipinski definition) is 4. The van der Waals surface area contributed by atoms with E-state index in [2.05, 4.69) is 4.98 Å². The van der Waals surface area contributed by atoms with E-state index in [0.29, 0.717) is 5.56 Å². The predicted molar refractivity (Wildman–Crippen MR) is 64.5 cm³/mol. The lowest BCUT2D eigenvalue weighted by Crippen LogP contribution is -2.01. The Morgan fingerprint density at radius 1 is 1.61 bits per heavy atom. The molecule has 2 aromatic heterocycles. The molecule has 0 saturated carbocycles. The second kappa shape index (κ2) is 4.42. The second-order valence-electron chi connectivity index (χ2n) is 4.34. The number of imidazole rings is 1. The molecule has 0 amide bonds. The molecule has 5 nitrogen and oxygen atoms in total. The fourth-order valence-electron chi connectivity index (χ4n) is 2.21. The topological polar surface area (TPSA) is 52.8 Å². The summed E-state index contributed by atoms with van der Waals surface area (Å²) in [4.78, 5) is 15.9. The molecule has 0 N–H and O–H groups in total. The number of esters is 1. The molecule has 1 aliphatic heterocycles. The van der Waals surface area contributed by atoms with Crippen molar-refractivity contribution in [3.8, 4) is 0 Å². The largest absolute Gasteiger partial charge is 0.465 e. The first-order valence-corrected chi connectivity index (χ1v) is 5.96. The number of ether oxygens (including phenoxy) is 2. The number of hydrogen-bond donors (Lipinski definition) is 0. The van der Waals surface area contributed by atoms with E-state index >= 15 is 0 Å². The van der Waals surface area contributed by atoms with Crippen molar-refractivity contribution >= 4 is 11.6 Å². The van der Waals surface area contributed by atoms with E-state index in [1.54, 1.807) is 12.1 Å². The zero-order chi connectivity index (χ0) is 12.5. The van der Waals surface area contributed by atoms with Crippen molar-refractivity contribution in [3.63, 3.8) is 0 Å². The standard InChI is InChI=1S/C13H14N2O3/c1-17-13(16)9-4-5-15-8-10(14-12(15)7-9)11-3-2-6-18-11/h4-5,7-8,11H,2-3,6H2,1H3. The van der Waals surface area contributed by atoms with Crippen molar-refractivity contribution in [3.05, 3.63) is 35.8 Å². The predicted octanol–water partition coefficient (Wildman–Crippen LogP) is 1.97. The van der Waals surface area contributed by atoms with Crippen LogP contribution in [-0.4, -0.2) is 29.1 Å². The summed E-state index contributed by atoms with van der Waals surface area (Å²) in [6, 6.07) is 3.45. The van der Waals surface area contributed by atoms with Crippen LogP contribution in [0, 0.1) is 0 Å². The molecule has 0 radical (unpaired) electrons. The minimum Gasteiger partial charge on any atom is -0.465 e. The average Bonchev–Trinajstić information content (AvgIpc) is 3.04. The van der Waals surface area contributed by atoms with E-state index in [9.17, 15) is 4.79 Å². The molecule has 3 rings (SSSR count). The third-order valence-electron chi connectivity index (χ3n) is 3.16. The van der Waals surface area contributed by atoms with Gasteiger partial charge in [-0.1, -0.05) is 0 Å². The van der Waals surface area contributed by atoms with Gasteiger partial charge >= 0.3 is 5.97 Å². The zero-order valence-electron chi connectivity index (χ0n) is 10.1. The van der Waals surface area contributed by atoms with Crippen molar-refractivity contribution in [2.75, 3.05) is 13.7 Å². The Labute approximate surface area is 104 Å². The van der Waals surface area contributed by atoms with Crippen LogP contribution in [0.25, 0.3) is 5.65 Å². The van der Waals surface area contributed by atoms with Gasteiger partial charge in [0.1, 0.15) is 11.8 Å². The van der Waals surface area contributed by atoms with E-state index in [1.807, 2.05) is 16.8 Å². The Morgan fingerprint density at radius 3 is 3.22 bits per heavy atom. The maximum absolute atomic E-state index is 11.4. The highest BCUT2D eigenvalue weighted by Crippen LogP contribution is 2.27. The maximum Gasteiger partial charge on any atom is 0.338 e. The Balaban J connectivity index is 1.98. The summed E-state index contributed by atoms with van der Waals surface area (Å²) in [5.41, 5.74) is 2.17. The summed E-state index contributed by atoms with van der Waals surface area (Å²) in [6.07, 6.45) is 5.94. The molecule has 0 bridgehead atoms. The fraction of sp³-hybridized carbons (Fsp3) is 0.385. The number of carbonyl (C=O) groups is 1. The van der Waals surface area contributed by atoms with Crippen molar-refractivity contribution in [2.24, 2.45) is 0 Å². The van der Waals surface area contributed by atoms with Crippen LogP contribution in [-0.2, 0) is 9.47 Å². The first-order valence-electron chi connectivity index (χ1n) is 5.96. The van der Waals surface area contributed by atoms with Gasteiger partial charge in [0.05, 0.1) is 18.4 Å². The number of pyridine rings is 1. The van der Waals surface area contributed by atoms with Crippen molar-refractivity contribution < 1.29 is 14.3 Å². The van der Waals surface area contributed by atoms with Gasteiger partial charge in [0, 0.05) is 19.0 Å². The summed E-state index contributed by atoms with van der Waals surface area (Å²) in [6.45, 7) is 0.798. The van der Waals surface area contributed by atoms with Gasteiger partial charge in [-0.3, -0.25) is 0 Å². The molecular weight excluding hydrogens is 232 g/mol. The molecule has 94 valence electrons. The van der Waals surface area contributed by atoms with Crippen LogP contribution in [0.4, 0.5) is 0 Å². The number of rotatable bonds is 2. The van der Waals surface area contributed by atoms with E-state index in [1.165, 1.54) is 7.11 Å². The van der Waals surface area contributed by atoms with Crippen LogP contribution in [0.5, 0.6) is 0 Å². The number of methoxy groups -OCH3 is 1. The highest BCUT2D eigenvalue weighted by molar-refractivity contribution is 5.90. The van der Waals surface area contributed by atoms with Crippen LogP contribution in [0.3, 0.4) is 0 Å². The van der Waals surface area contributed by atoms with E-state index in [0.717, 1.165) is 30.8 Å². The molecule has 5 heteroatoms. The summed E-state index contributed by atoms with van der Waals surface area (Å²) in [7, 11) is 1.37. The molecule has 18 heavy (non-hydrogen) atoms. The molecule has 1 saturated heterocycles. The lowest BCUT2D eigenvalue weighted by atomic mass is 10.2. The van der Waals surface area contributed by atoms with E-state index in [4.69, 9.17) is 9.47 Å². The molecule has 0 aliphatic carbocycles. The number of nitrogens with zero attached hydrogens (tertiary/aromatic N) is 2. The second-order valence-corrected chi connectivity index (χ2v) is 4.34. The first kappa shape index (κ1) is 11.2. The summed E-state index contributed by atoms with van der Waals surface area (Å²) < 4.78 is 12.2. The quantitative estimate of drug-likeness (QED) is 0.760. The Morgan fingerprint density at radius 2 is 2.50 bits per heavy atom. The summed E-state index contributed by atoms with van der Waals surface area (Å²) in [5.74, 6) is -0.348. The van der Waals surface area contributed by atoms with Crippen molar-refractivity contribution in [1.82, 2.24) is 9.38 Å². The van der Waals surface area contributed by atoms with Crippen LogP contribution in [0.15, 0.2) is 24.5 Å². The minimum absolute atomic E-state index is 0.0893. The van der Waals surface area contributed by atoms with E-state index in [-0.39, 0.29) is 12.1 Å². The Bertz CT molecular complexity index is 585. The maximum atomic E-state index is 11.4. The monoisotopic (exact) mass is 246 g/mol. The molecule has 1 fully saturated rings. The summed E-state index contributed by atoms with van der Waals surface area (Å²) >= 11 is 0. The SMILES string of the molecule is COC(=O)c1ccn2cc(C3CCCO3)nc2c1. The van der Waals surface area contributed by atoms with Crippen LogP contribution >= 0.6 is 0 Å². The molecule has 1 unspecified atom stereocenters. The lowest BCUT2D eigenvalue weighted by molar-refractivity contribution is 0.0600. The highest BCUT2D eigenvalue weighted by atomic mass is 16.5. The zero-order valence-corrected chi connectivity index (χ0v) is 10.1. The molecule has 0 aromatic carbocycles. The number of carbonyl (C=O) groups excluding carboxylic acids is 1. The average molecular weight is 246 g/mol. The van der Waals surface area contributed by atoms with Gasteiger partial charge in [0.2, 0.25) is 0 Å². The number of aromatic nitrogens is 2. The van der Waals surface area contributed by atoms with Crippen LogP contribution in [0.1, 0.15) is 35.0 Å². The number of fused-ring (bicyclic) bond motifs is 1. The van der Waals surface area contributed by atoms with Gasteiger partial charge < -0.3 is 13.9 Å².